The third-order valence-corrected chi connectivity index (χ3v) is 3.79. The number of benzene rings is 1. The topological polar surface area (TPSA) is 29.5 Å². The van der Waals surface area contributed by atoms with Crippen molar-refractivity contribution in [1.29, 1.82) is 0 Å². The molecule has 0 aromatic heterocycles. The number of hydrogen-bond donors (Lipinski definition) is 0. The molecule has 1 aliphatic rings. The van der Waals surface area contributed by atoms with Crippen LogP contribution in [0.25, 0.3) is 0 Å². The Bertz CT molecular complexity index is 391. The molecule has 92 valence electrons. The van der Waals surface area contributed by atoms with Crippen molar-refractivity contribution >= 4 is 17.9 Å². The maximum atomic E-state index is 11.3. The van der Waals surface area contributed by atoms with Gasteiger partial charge in [-0.1, -0.05) is 17.7 Å². The largest absolute Gasteiger partial charge is 0.340 e. The summed E-state index contributed by atoms with van der Waals surface area (Å²) in [4.78, 5) is 14.2. The van der Waals surface area contributed by atoms with Crippen molar-refractivity contribution in [2.75, 3.05) is 13.7 Å². The summed E-state index contributed by atoms with van der Waals surface area (Å²) in [5.41, 5.74) is 1.25. The van der Waals surface area contributed by atoms with Crippen LogP contribution in [0.4, 0.5) is 0 Å². The van der Waals surface area contributed by atoms with Gasteiger partial charge in [-0.25, -0.2) is 0 Å². The molecule has 0 N–H and O–H groups in total. The van der Waals surface area contributed by atoms with E-state index in [1.54, 1.807) is 4.90 Å². The van der Waals surface area contributed by atoms with Gasteiger partial charge >= 0.3 is 0 Å². The van der Waals surface area contributed by atoms with Gasteiger partial charge in [-0.15, -0.1) is 0 Å². The first-order valence-electron chi connectivity index (χ1n) is 5.78. The third-order valence-electron chi connectivity index (χ3n) is 3.07. The summed E-state index contributed by atoms with van der Waals surface area (Å²) in [6.07, 6.45) is 1.56. The molecule has 4 heteroatoms. The summed E-state index contributed by atoms with van der Waals surface area (Å²) >= 11 is 1.38. The Labute approximate surface area is 106 Å². The molecule has 1 heterocycles. The van der Waals surface area contributed by atoms with Crippen molar-refractivity contribution in [3.8, 4) is 0 Å². The van der Waals surface area contributed by atoms with E-state index in [1.165, 1.54) is 17.6 Å². The van der Waals surface area contributed by atoms with Crippen molar-refractivity contribution in [3.63, 3.8) is 0 Å². The third kappa shape index (κ3) is 3.23. The number of aryl methyl sites for hydroxylation is 1. The molecule has 1 saturated heterocycles. The van der Waals surface area contributed by atoms with E-state index in [0.29, 0.717) is 13.0 Å². The zero-order chi connectivity index (χ0) is 12.3. The SMILES string of the molecule is Cc1ccc(SOCC2CCC(=O)N2C)cc1. The lowest BCUT2D eigenvalue weighted by atomic mass is 10.2. The Balaban J connectivity index is 1.76. The van der Waals surface area contributed by atoms with Crippen LogP contribution in [0.2, 0.25) is 0 Å². The number of hydrogen-bond acceptors (Lipinski definition) is 3. The van der Waals surface area contributed by atoms with Gasteiger partial charge in [0.25, 0.3) is 0 Å². The van der Waals surface area contributed by atoms with Crippen molar-refractivity contribution < 1.29 is 8.98 Å². The average molecular weight is 251 g/mol. The van der Waals surface area contributed by atoms with Gasteiger partial charge in [-0.3, -0.25) is 4.79 Å². The molecular formula is C13H17NO2S. The number of likely N-dealkylation sites (N-methyl/N-ethyl adjacent to an activating group) is 1. The van der Waals surface area contributed by atoms with Gasteiger partial charge in [-0.2, -0.15) is 0 Å². The quantitative estimate of drug-likeness (QED) is 0.770. The lowest BCUT2D eigenvalue weighted by Crippen LogP contribution is -2.31. The summed E-state index contributed by atoms with van der Waals surface area (Å²) in [6, 6.07) is 8.46. The zero-order valence-corrected chi connectivity index (χ0v) is 11.0. The monoisotopic (exact) mass is 251 g/mol. The van der Waals surface area contributed by atoms with Crippen LogP contribution in [0.3, 0.4) is 0 Å². The molecule has 1 aromatic carbocycles. The minimum Gasteiger partial charge on any atom is -0.340 e. The fourth-order valence-corrected chi connectivity index (χ4v) is 2.44. The second-order valence-corrected chi connectivity index (χ2v) is 5.25. The van der Waals surface area contributed by atoms with Gasteiger partial charge in [0.2, 0.25) is 5.91 Å². The highest BCUT2D eigenvalue weighted by Crippen LogP contribution is 2.23. The van der Waals surface area contributed by atoms with Crippen LogP contribution < -0.4 is 0 Å². The molecule has 1 atom stereocenters. The highest BCUT2D eigenvalue weighted by Gasteiger charge is 2.27. The smallest absolute Gasteiger partial charge is 0.222 e. The van der Waals surface area contributed by atoms with E-state index >= 15 is 0 Å². The van der Waals surface area contributed by atoms with E-state index in [1.807, 2.05) is 19.2 Å². The van der Waals surface area contributed by atoms with E-state index in [0.717, 1.165) is 11.3 Å². The molecule has 2 rings (SSSR count). The zero-order valence-electron chi connectivity index (χ0n) is 10.2. The molecule has 0 saturated carbocycles. The first kappa shape index (κ1) is 12.5. The molecule has 3 nitrogen and oxygen atoms in total. The summed E-state index contributed by atoms with van der Waals surface area (Å²) in [5, 5.41) is 0. The molecule has 1 aliphatic heterocycles. The maximum Gasteiger partial charge on any atom is 0.222 e. The molecule has 1 amide bonds. The summed E-state index contributed by atoms with van der Waals surface area (Å²) in [6.45, 7) is 2.66. The number of likely N-dealkylation sites (tertiary alicyclic amines) is 1. The number of nitrogens with zero attached hydrogens (tertiary/aromatic N) is 1. The van der Waals surface area contributed by atoms with E-state index in [-0.39, 0.29) is 11.9 Å². The fourth-order valence-electron chi connectivity index (χ4n) is 1.83. The van der Waals surface area contributed by atoms with E-state index in [9.17, 15) is 4.79 Å². The first-order chi connectivity index (χ1) is 8.16. The van der Waals surface area contributed by atoms with Crippen molar-refractivity contribution in [1.82, 2.24) is 4.90 Å². The standard InChI is InChI=1S/C13H17NO2S/c1-10-3-6-12(7-4-10)17-16-9-11-5-8-13(15)14(11)2/h3-4,6-7,11H,5,8-9H2,1-2H3. The van der Waals surface area contributed by atoms with Crippen LogP contribution in [0, 0.1) is 6.92 Å². The summed E-state index contributed by atoms with van der Waals surface area (Å²) in [5.74, 6) is 0.221. The summed E-state index contributed by atoms with van der Waals surface area (Å²) < 4.78 is 5.59. The van der Waals surface area contributed by atoms with Crippen LogP contribution in [0.15, 0.2) is 29.2 Å². The maximum absolute atomic E-state index is 11.3. The van der Waals surface area contributed by atoms with Crippen LogP contribution in [0.1, 0.15) is 18.4 Å². The number of carbonyl (C=O) groups excluding carboxylic acids is 1. The molecule has 17 heavy (non-hydrogen) atoms. The van der Waals surface area contributed by atoms with Gasteiger partial charge in [-0.05, 0) is 25.5 Å². The van der Waals surface area contributed by atoms with Gasteiger partial charge in [0.1, 0.15) is 0 Å². The lowest BCUT2D eigenvalue weighted by Gasteiger charge is -2.18. The Kier molecular flexibility index (Phi) is 4.07. The van der Waals surface area contributed by atoms with E-state index in [2.05, 4.69) is 19.1 Å². The summed E-state index contributed by atoms with van der Waals surface area (Å²) in [7, 11) is 1.85. The lowest BCUT2D eigenvalue weighted by molar-refractivity contribution is -0.127. The van der Waals surface area contributed by atoms with Gasteiger partial charge in [0.05, 0.1) is 12.6 Å². The van der Waals surface area contributed by atoms with Crippen LogP contribution in [-0.4, -0.2) is 30.5 Å². The predicted molar refractivity (Wildman–Crippen MR) is 68.8 cm³/mol. The molecule has 1 aromatic rings. The predicted octanol–water partition coefficient (Wildman–Crippen LogP) is 2.64. The molecule has 1 unspecified atom stereocenters. The Morgan fingerprint density at radius 3 is 2.71 bits per heavy atom. The minimum atomic E-state index is 0.221. The Morgan fingerprint density at radius 2 is 2.12 bits per heavy atom. The normalized spacial score (nSPS) is 20.0. The second-order valence-electron chi connectivity index (χ2n) is 4.38. The van der Waals surface area contributed by atoms with E-state index in [4.69, 9.17) is 4.18 Å². The molecular weight excluding hydrogens is 234 g/mol. The van der Waals surface area contributed by atoms with Crippen LogP contribution in [0.5, 0.6) is 0 Å². The Hall–Kier alpha value is -1.00. The first-order valence-corrected chi connectivity index (χ1v) is 6.53. The highest BCUT2D eigenvalue weighted by atomic mass is 32.2. The van der Waals surface area contributed by atoms with Gasteiger partial charge < -0.3 is 9.08 Å². The molecule has 1 fully saturated rings. The average Bonchev–Trinajstić information content (AvgIpc) is 2.64. The van der Waals surface area contributed by atoms with Crippen molar-refractivity contribution in [3.05, 3.63) is 29.8 Å². The van der Waals surface area contributed by atoms with Gasteiger partial charge in [0.15, 0.2) is 0 Å². The highest BCUT2D eigenvalue weighted by molar-refractivity contribution is 7.94. The van der Waals surface area contributed by atoms with Crippen molar-refractivity contribution in [2.24, 2.45) is 0 Å². The Morgan fingerprint density at radius 1 is 1.41 bits per heavy atom. The van der Waals surface area contributed by atoms with Gasteiger partial charge in [0, 0.05) is 30.4 Å². The van der Waals surface area contributed by atoms with Crippen molar-refractivity contribution in [2.45, 2.75) is 30.7 Å². The van der Waals surface area contributed by atoms with Crippen LogP contribution >= 0.6 is 12.0 Å². The number of amides is 1. The number of carbonyl (C=O) groups is 1. The molecule has 0 aliphatic carbocycles. The second kappa shape index (κ2) is 5.56. The minimum absolute atomic E-state index is 0.221. The van der Waals surface area contributed by atoms with Crippen LogP contribution in [-0.2, 0) is 8.98 Å². The molecule has 0 spiro atoms. The fraction of sp³-hybridized carbons (Fsp3) is 0.462. The molecule has 0 bridgehead atoms. The number of rotatable bonds is 4. The molecule has 0 radical (unpaired) electrons. The van der Waals surface area contributed by atoms with E-state index < -0.39 is 0 Å².